The monoisotopic (exact) mass is 280 g/mol. The molecule has 0 aromatic carbocycles. The number of carbonyl (C=O) groups excluding carboxylic acids is 1. The molecule has 0 heterocycles. The highest BCUT2D eigenvalue weighted by molar-refractivity contribution is 5.75. The van der Waals surface area contributed by atoms with E-state index in [-0.39, 0.29) is 5.91 Å². The van der Waals surface area contributed by atoms with Crippen LogP contribution in [0.4, 0.5) is 0 Å². The van der Waals surface area contributed by atoms with Crippen molar-refractivity contribution in [3.8, 4) is 0 Å². The van der Waals surface area contributed by atoms with Crippen molar-refractivity contribution in [3.63, 3.8) is 0 Å². The highest BCUT2D eigenvalue weighted by Crippen LogP contribution is 2.27. The molecule has 2 aliphatic carbocycles. The smallest absolute Gasteiger partial charge is 0.220 e. The first-order valence-corrected chi connectivity index (χ1v) is 8.76. The average molecular weight is 280 g/mol. The summed E-state index contributed by atoms with van der Waals surface area (Å²) in [6.45, 7) is 0.888. The zero-order valence-electron chi connectivity index (χ0n) is 12.9. The fraction of sp³-hybridized carbons (Fsp3) is 0.941. The van der Waals surface area contributed by atoms with Gasteiger partial charge in [0.05, 0.1) is 0 Å². The molecule has 0 aromatic heterocycles. The van der Waals surface area contributed by atoms with Gasteiger partial charge >= 0.3 is 0 Å². The topological polar surface area (TPSA) is 55.1 Å². The van der Waals surface area contributed by atoms with Gasteiger partial charge in [0.25, 0.3) is 0 Å². The molecule has 0 radical (unpaired) electrons. The fourth-order valence-electron chi connectivity index (χ4n) is 3.79. The number of hydrogen-bond acceptors (Lipinski definition) is 2. The third kappa shape index (κ3) is 5.82. The largest absolute Gasteiger partial charge is 0.356 e. The second kappa shape index (κ2) is 8.66. The van der Waals surface area contributed by atoms with Gasteiger partial charge in [-0.2, -0.15) is 0 Å². The van der Waals surface area contributed by atoms with E-state index >= 15 is 0 Å². The Labute approximate surface area is 124 Å². The fourth-order valence-corrected chi connectivity index (χ4v) is 3.79. The molecule has 2 aliphatic rings. The van der Waals surface area contributed by atoms with E-state index in [4.69, 9.17) is 5.73 Å². The average Bonchev–Trinajstić information content (AvgIpc) is 2.48. The molecule has 20 heavy (non-hydrogen) atoms. The zero-order valence-corrected chi connectivity index (χ0v) is 12.9. The summed E-state index contributed by atoms with van der Waals surface area (Å²) in [6.07, 6.45) is 14.6. The SMILES string of the molecule is NC1CCC(CCC(=O)NCCC2CCCCC2)CC1. The molecule has 3 N–H and O–H groups in total. The highest BCUT2D eigenvalue weighted by atomic mass is 16.1. The van der Waals surface area contributed by atoms with Crippen LogP contribution in [0, 0.1) is 11.8 Å². The van der Waals surface area contributed by atoms with Crippen LogP contribution in [-0.4, -0.2) is 18.5 Å². The van der Waals surface area contributed by atoms with Crippen LogP contribution in [-0.2, 0) is 4.79 Å². The second-order valence-electron chi connectivity index (χ2n) is 6.96. The number of nitrogens with two attached hydrogens (primary N) is 1. The lowest BCUT2D eigenvalue weighted by Crippen LogP contribution is -2.29. The summed E-state index contributed by atoms with van der Waals surface area (Å²) in [5.74, 6) is 1.86. The van der Waals surface area contributed by atoms with Gasteiger partial charge in [-0.3, -0.25) is 4.79 Å². The van der Waals surface area contributed by atoms with Gasteiger partial charge in [0.1, 0.15) is 0 Å². The van der Waals surface area contributed by atoms with Crippen LogP contribution >= 0.6 is 0 Å². The predicted octanol–water partition coefficient (Wildman–Crippen LogP) is 3.37. The van der Waals surface area contributed by atoms with Crippen molar-refractivity contribution >= 4 is 5.91 Å². The van der Waals surface area contributed by atoms with Gasteiger partial charge < -0.3 is 11.1 Å². The number of carbonyl (C=O) groups is 1. The van der Waals surface area contributed by atoms with Gasteiger partial charge in [0, 0.05) is 19.0 Å². The first-order chi connectivity index (χ1) is 9.74. The van der Waals surface area contributed by atoms with E-state index in [1.54, 1.807) is 0 Å². The third-order valence-corrected chi connectivity index (χ3v) is 5.27. The first kappa shape index (κ1) is 15.8. The minimum atomic E-state index is 0.260. The molecular formula is C17H32N2O. The summed E-state index contributed by atoms with van der Waals surface area (Å²) in [5.41, 5.74) is 5.91. The van der Waals surface area contributed by atoms with Crippen LogP contribution in [0.15, 0.2) is 0 Å². The molecule has 0 aliphatic heterocycles. The van der Waals surface area contributed by atoms with Crippen LogP contribution in [0.2, 0.25) is 0 Å². The van der Waals surface area contributed by atoms with Crippen LogP contribution in [0.1, 0.15) is 77.0 Å². The van der Waals surface area contributed by atoms with E-state index < -0.39 is 0 Å². The molecule has 0 aromatic rings. The standard InChI is InChI=1S/C17H32N2O/c18-16-9-6-15(7-10-16)8-11-17(20)19-13-12-14-4-2-1-3-5-14/h14-16H,1-13,18H2,(H,19,20). The second-order valence-corrected chi connectivity index (χ2v) is 6.96. The quantitative estimate of drug-likeness (QED) is 0.783. The highest BCUT2D eigenvalue weighted by Gasteiger charge is 2.19. The Kier molecular flexibility index (Phi) is 6.85. The van der Waals surface area contributed by atoms with Crippen LogP contribution in [0.25, 0.3) is 0 Å². The van der Waals surface area contributed by atoms with Gasteiger partial charge in [-0.15, -0.1) is 0 Å². The molecule has 0 atom stereocenters. The number of nitrogens with one attached hydrogen (secondary N) is 1. The maximum atomic E-state index is 11.9. The third-order valence-electron chi connectivity index (χ3n) is 5.27. The lowest BCUT2D eigenvalue weighted by Gasteiger charge is -2.25. The van der Waals surface area contributed by atoms with E-state index in [0.717, 1.165) is 37.6 Å². The van der Waals surface area contributed by atoms with Crippen molar-refractivity contribution in [2.45, 2.75) is 83.1 Å². The minimum absolute atomic E-state index is 0.260. The van der Waals surface area contributed by atoms with Gasteiger partial charge in [-0.25, -0.2) is 0 Å². The Morgan fingerprint density at radius 2 is 1.55 bits per heavy atom. The van der Waals surface area contributed by atoms with E-state index in [2.05, 4.69) is 5.32 Å². The summed E-state index contributed by atoms with van der Waals surface area (Å²) in [5, 5.41) is 3.11. The molecule has 2 rings (SSSR count). The Hall–Kier alpha value is -0.570. The van der Waals surface area contributed by atoms with Gasteiger partial charge in [-0.05, 0) is 50.4 Å². The molecule has 3 heteroatoms. The summed E-state index contributed by atoms with van der Waals surface area (Å²) >= 11 is 0. The molecule has 3 nitrogen and oxygen atoms in total. The van der Waals surface area contributed by atoms with E-state index in [1.165, 1.54) is 51.4 Å². The van der Waals surface area contributed by atoms with Crippen molar-refractivity contribution in [2.24, 2.45) is 17.6 Å². The van der Waals surface area contributed by atoms with E-state index in [9.17, 15) is 4.79 Å². The summed E-state index contributed by atoms with van der Waals surface area (Å²) in [4.78, 5) is 11.9. The zero-order chi connectivity index (χ0) is 14.2. The Balaban J connectivity index is 1.49. The molecule has 0 spiro atoms. The van der Waals surface area contributed by atoms with Crippen molar-refractivity contribution in [1.29, 1.82) is 0 Å². The van der Waals surface area contributed by atoms with E-state index in [0.29, 0.717) is 12.5 Å². The minimum Gasteiger partial charge on any atom is -0.356 e. The maximum Gasteiger partial charge on any atom is 0.220 e. The normalized spacial score (nSPS) is 28.2. The Morgan fingerprint density at radius 3 is 2.25 bits per heavy atom. The van der Waals surface area contributed by atoms with Gasteiger partial charge in [0.2, 0.25) is 5.91 Å². The van der Waals surface area contributed by atoms with E-state index in [1.807, 2.05) is 0 Å². The molecular weight excluding hydrogens is 248 g/mol. The Morgan fingerprint density at radius 1 is 0.900 bits per heavy atom. The molecule has 2 fully saturated rings. The molecule has 116 valence electrons. The summed E-state index contributed by atoms with van der Waals surface area (Å²) < 4.78 is 0. The predicted molar refractivity (Wildman–Crippen MR) is 83.4 cm³/mol. The van der Waals surface area contributed by atoms with Crippen LogP contribution < -0.4 is 11.1 Å². The maximum absolute atomic E-state index is 11.9. The van der Waals surface area contributed by atoms with Gasteiger partial charge in [0.15, 0.2) is 0 Å². The van der Waals surface area contributed by atoms with Gasteiger partial charge in [-0.1, -0.05) is 32.1 Å². The van der Waals surface area contributed by atoms with Crippen molar-refractivity contribution in [2.75, 3.05) is 6.54 Å². The summed E-state index contributed by atoms with van der Waals surface area (Å²) in [6, 6.07) is 0.413. The summed E-state index contributed by atoms with van der Waals surface area (Å²) in [7, 11) is 0. The Bertz CT molecular complexity index is 279. The molecule has 0 bridgehead atoms. The molecule has 2 saturated carbocycles. The van der Waals surface area contributed by atoms with Crippen LogP contribution in [0.3, 0.4) is 0 Å². The number of rotatable bonds is 6. The van der Waals surface area contributed by atoms with Crippen molar-refractivity contribution in [1.82, 2.24) is 5.32 Å². The number of amides is 1. The lowest BCUT2D eigenvalue weighted by molar-refractivity contribution is -0.121. The first-order valence-electron chi connectivity index (χ1n) is 8.76. The van der Waals surface area contributed by atoms with Crippen molar-refractivity contribution in [3.05, 3.63) is 0 Å². The molecule has 0 unspecified atom stereocenters. The van der Waals surface area contributed by atoms with Crippen LogP contribution in [0.5, 0.6) is 0 Å². The van der Waals surface area contributed by atoms with Crippen molar-refractivity contribution < 1.29 is 4.79 Å². The molecule has 1 amide bonds. The number of hydrogen-bond donors (Lipinski definition) is 2. The lowest BCUT2D eigenvalue weighted by atomic mass is 9.84. The molecule has 0 saturated heterocycles.